The molecule has 0 amide bonds. The van der Waals surface area contributed by atoms with Crippen LogP contribution in [0.5, 0.6) is 5.75 Å². The van der Waals surface area contributed by atoms with E-state index in [2.05, 4.69) is 20.7 Å². The third kappa shape index (κ3) is 4.72. The number of benzene rings is 1. The van der Waals surface area contributed by atoms with Crippen molar-refractivity contribution in [3.05, 3.63) is 28.2 Å². The summed E-state index contributed by atoms with van der Waals surface area (Å²) in [6, 6.07) is 6.76. The SMILES string of the molecule is COc1ccc(Br)cc1C(=O)CCC(=O)OCC#N. The number of nitrogens with zero attached hydrogens (tertiary/aromatic N) is 1. The van der Waals surface area contributed by atoms with Gasteiger partial charge >= 0.3 is 5.97 Å². The van der Waals surface area contributed by atoms with Gasteiger partial charge in [0.25, 0.3) is 0 Å². The fraction of sp³-hybridized carbons (Fsp3) is 0.308. The van der Waals surface area contributed by atoms with E-state index in [0.717, 1.165) is 4.47 Å². The Labute approximate surface area is 119 Å². The van der Waals surface area contributed by atoms with Crippen molar-refractivity contribution in [2.24, 2.45) is 0 Å². The van der Waals surface area contributed by atoms with Crippen LogP contribution in [0.1, 0.15) is 23.2 Å². The highest BCUT2D eigenvalue weighted by Crippen LogP contribution is 2.24. The molecule has 0 saturated heterocycles. The van der Waals surface area contributed by atoms with Crippen LogP contribution in [0.3, 0.4) is 0 Å². The first-order valence-electron chi connectivity index (χ1n) is 5.47. The maximum absolute atomic E-state index is 12.0. The molecule has 0 aliphatic heterocycles. The lowest BCUT2D eigenvalue weighted by Gasteiger charge is -2.07. The fourth-order valence-electron chi connectivity index (χ4n) is 1.43. The van der Waals surface area contributed by atoms with Gasteiger partial charge in [-0.3, -0.25) is 9.59 Å². The summed E-state index contributed by atoms with van der Waals surface area (Å²) in [5, 5.41) is 8.25. The molecule has 0 heterocycles. The predicted octanol–water partition coefficient (Wildman–Crippen LogP) is 2.49. The molecule has 6 heteroatoms. The van der Waals surface area contributed by atoms with Crippen LogP contribution < -0.4 is 4.74 Å². The first-order valence-corrected chi connectivity index (χ1v) is 6.27. The largest absolute Gasteiger partial charge is 0.496 e. The van der Waals surface area contributed by atoms with Crippen LogP contribution in [-0.2, 0) is 9.53 Å². The number of hydrogen-bond acceptors (Lipinski definition) is 5. The van der Waals surface area contributed by atoms with Crippen molar-refractivity contribution in [2.75, 3.05) is 13.7 Å². The Morgan fingerprint density at radius 2 is 2.11 bits per heavy atom. The highest BCUT2D eigenvalue weighted by Gasteiger charge is 2.15. The molecule has 0 fully saturated rings. The molecule has 0 aliphatic carbocycles. The van der Waals surface area contributed by atoms with Gasteiger partial charge in [-0.15, -0.1) is 0 Å². The number of hydrogen-bond donors (Lipinski definition) is 0. The van der Waals surface area contributed by atoms with Gasteiger partial charge in [-0.1, -0.05) is 15.9 Å². The highest BCUT2D eigenvalue weighted by molar-refractivity contribution is 9.10. The van der Waals surface area contributed by atoms with Gasteiger partial charge in [-0.05, 0) is 18.2 Å². The Morgan fingerprint density at radius 1 is 1.37 bits per heavy atom. The van der Waals surface area contributed by atoms with Gasteiger partial charge in [0, 0.05) is 10.9 Å². The standard InChI is InChI=1S/C13H12BrNO4/c1-18-12-4-2-9(14)8-10(12)11(16)3-5-13(17)19-7-6-15/h2,4,8H,3,5,7H2,1H3. The minimum absolute atomic E-state index is 0.0110. The van der Waals surface area contributed by atoms with E-state index in [1.165, 1.54) is 7.11 Å². The maximum Gasteiger partial charge on any atom is 0.307 e. The van der Waals surface area contributed by atoms with E-state index >= 15 is 0 Å². The summed E-state index contributed by atoms with van der Waals surface area (Å²) in [7, 11) is 1.47. The Kier molecular flexibility index (Phi) is 6.03. The summed E-state index contributed by atoms with van der Waals surface area (Å²) in [4.78, 5) is 23.2. The molecule has 0 aromatic heterocycles. The Bertz CT molecular complexity index is 522. The molecule has 19 heavy (non-hydrogen) atoms. The van der Waals surface area contributed by atoms with Crippen LogP contribution >= 0.6 is 15.9 Å². The number of carbonyl (C=O) groups excluding carboxylic acids is 2. The number of halogens is 1. The molecule has 0 unspecified atom stereocenters. The summed E-state index contributed by atoms with van der Waals surface area (Å²) in [6.07, 6.45) is -0.0484. The second kappa shape index (κ2) is 7.54. The van der Waals surface area contributed by atoms with E-state index in [0.29, 0.717) is 11.3 Å². The van der Waals surface area contributed by atoms with Crippen molar-refractivity contribution in [2.45, 2.75) is 12.8 Å². The molecular weight excluding hydrogens is 314 g/mol. The molecule has 1 aromatic rings. The Morgan fingerprint density at radius 3 is 2.74 bits per heavy atom. The van der Waals surface area contributed by atoms with Gasteiger partial charge < -0.3 is 9.47 Å². The van der Waals surface area contributed by atoms with Crippen molar-refractivity contribution < 1.29 is 19.1 Å². The Hall–Kier alpha value is -1.87. The van der Waals surface area contributed by atoms with E-state index in [9.17, 15) is 9.59 Å². The molecule has 100 valence electrons. The monoisotopic (exact) mass is 325 g/mol. The van der Waals surface area contributed by atoms with Crippen molar-refractivity contribution in [1.29, 1.82) is 5.26 Å². The molecule has 0 atom stereocenters. The number of rotatable bonds is 6. The highest BCUT2D eigenvalue weighted by atomic mass is 79.9. The number of nitriles is 1. The first-order chi connectivity index (χ1) is 9.08. The third-order valence-electron chi connectivity index (χ3n) is 2.32. The molecule has 5 nitrogen and oxygen atoms in total. The van der Waals surface area contributed by atoms with E-state index in [1.807, 2.05) is 0 Å². The van der Waals surface area contributed by atoms with Gasteiger partial charge in [-0.2, -0.15) is 5.26 Å². The van der Waals surface area contributed by atoms with Crippen LogP contribution in [0.2, 0.25) is 0 Å². The summed E-state index contributed by atoms with van der Waals surface area (Å²) in [5.74, 6) is -0.325. The molecule has 1 rings (SSSR count). The molecule has 0 radical (unpaired) electrons. The number of ether oxygens (including phenoxy) is 2. The smallest absolute Gasteiger partial charge is 0.307 e. The van der Waals surface area contributed by atoms with Crippen molar-refractivity contribution in [1.82, 2.24) is 0 Å². The maximum atomic E-state index is 12.0. The number of methoxy groups -OCH3 is 1. The second-order valence-electron chi connectivity index (χ2n) is 3.59. The van der Waals surface area contributed by atoms with Crippen LogP contribution in [0.4, 0.5) is 0 Å². The lowest BCUT2D eigenvalue weighted by Crippen LogP contribution is -2.09. The third-order valence-corrected chi connectivity index (χ3v) is 2.81. The lowest BCUT2D eigenvalue weighted by atomic mass is 10.1. The van der Waals surface area contributed by atoms with Crippen LogP contribution in [0.15, 0.2) is 22.7 Å². The van der Waals surface area contributed by atoms with Gasteiger partial charge in [0.2, 0.25) is 0 Å². The van der Waals surface area contributed by atoms with Gasteiger partial charge in [0.15, 0.2) is 12.4 Å². The molecular formula is C13H12BrNO4. The fourth-order valence-corrected chi connectivity index (χ4v) is 1.79. The zero-order valence-electron chi connectivity index (χ0n) is 10.3. The van der Waals surface area contributed by atoms with Crippen molar-refractivity contribution >= 4 is 27.7 Å². The normalized spacial score (nSPS) is 9.53. The summed E-state index contributed by atoms with van der Waals surface area (Å²) >= 11 is 3.27. The first kappa shape index (κ1) is 15.2. The van der Waals surface area contributed by atoms with Crippen LogP contribution in [0, 0.1) is 11.3 Å². The van der Waals surface area contributed by atoms with E-state index in [-0.39, 0.29) is 25.2 Å². The summed E-state index contributed by atoms with van der Waals surface area (Å²) in [6.45, 7) is -0.298. The molecule has 1 aromatic carbocycles. The molecule has 0 N–H and O–H groups in total. The minimum Gasteiger partial charge on any atom is -0.496 e. The van der Waals surface area contributed by atoms with Crippen molar-refractivity contribution in [3.63, 3.8) is 0 Å². The van der Waals surface area contributed by atoms with Crippen molar-refractivity contribution in [3.8, 4) is 11.8 Å². The molecule has 0 bridgehead atoms. The van der Waals surface area contributed by atoms with Crippen LogP contribution in [-0.4, -0.2) is 25.5 Å². The topological polar surface area (TPSA) is 76.4 Å². The van der Waals surface area contributed by atoms with Gasteiger partial charge in [-0.25, -0.2) is 0 Å². The zero-order valence-corrected chi connectivity index (χ0v) is 11.9. The van der Waals surface area contributed by atoms with E-state index in [4.69, 9.17) is 10.00 Å². The number of esters is 1. The zero-order chi connectivity index (χ0) is 14.3. The summed E-state index contributed by atoms with van der Waals surface area (Å²) in [5.41, 5.74) is 0.407. The second-order valence-corrected chi connectivity index (χ2v) is 4.50. The summed E-state index contributed by atoms with van der Waals surface area (Å²) < 4.78 is 10.4. The predicted molar refractivity (Wildman–Crippen MR) is 70.8 cm³/mol. The molecule has 0 aliphatic rings. The van der Waals surface area contributed by atoms with Gasteiger partial charge in [0.1, 0.15) is 11.8 Å². The molecule has 0 spiro atoms. The number of carbonyl (C=O) groups is 2. The van der Waals surface area contributed by atoms with E-state index < -0.39 is 5.97 Å². The van der Waals surface area contributed by atoms with E-state index in [1.54, 1.807) is 24.3 Å². The number of Topliss-reactive ketones (excluding diaryl/α,β-unsaturated/α-hetero) is 1. The average molecular weight is 326 g/mol. The molecule has 0 saturated carbocycles. The lowest BCUT2D eigenvalue weighted by molar-refractivity contribution is -0.142. The number of ketones is 1. The quantitative estimate of drug-likeness (QED) is 0.593. The Balaban J connectivity index is 2.66. The van der Waals surface area contributed by atoms with Crippen LogP contribution in [0.25, 0.3) is 0 Å². The van der Waals surface area contributed by atoms with Gasteiger partial charge in [0.05, 0.1) is 19.1 Å². The average Bonchev–Trinajstić information content (AvgIpc) is 2.42. The minimum atomic E-state index is -0.566.